The van der Waals surface area contributed by atoms with Gasteiger partial charge in [-0.05, 0) is 6.92 Å². The summed E-state index contributed by atoms with van der Waals surface area (Å²) in [5, 5.41) is 13.0. The Balaban J connectivity index is 2.70. The van der Waals surface area contributed by atoms with Gasteiger partial charge < -0.3 is 20.1 Å². The zero-order chi connectivity index (χ0) is 12.1. The molecule has 2 N–H and O–H groups in total. The lowest BCUT2D eigenvalue weighted by Crippen LogP contribution is -2.28. The number of thiazole rings is 1. The van der Waals surface area contributed by atoms with Crippen LogP contribution in [0.15, 0.2) is 0 Å². The molecular weight excluding hydrogens is 226 g/mol. The van der Waals surface area contributed by atoms with Crippen molar-refractivity contribution in [2.75, 3.05) is 32.7 Å². The molecule has 1 aromatic rings. The van der Waals surface area contributed by atoms with E-state index in [1.807, 2.05) is 25.9 Å². The Labute approximate surface area is 100 Å². The Kier molecular flexibility index (Phi) is 4.98. The van der Waals surface area contributed by atoms with Gasteiger partial charge in [0.1, 0.15) is 0 Å². The summed E-state index contributed by atoms with van der Waals surface area (Å²) in [6, 6.07) is 0.0783. The predicted octanol–water partition coefficient (Wildman–Crippen LogP) is 0.688. The smallest absolute Gasteiger partial charge is 0.230 e. The third kappa shape index (κ3) is 3.33. The second-order valence-corrected chi connectivity index (χ2v) is 4.85. The van der Waals surface area contributed by atoms with Gasteiger partial charge in [-0.3, -0.25) is 0 Å². The fraction of sp³-hybridized carbons (Fsp3) is 0.700. The number of aliphatic hydroxyl groups is 1. The first-order valence-electron chi connectivity index (χ1n) is 5.13. The molecule has 1 heterocycles. The van der Waals surface area contributed by atoms with Crippen LogP contribution >= 0.6 is 11.3 Å². The second-order valence-electron chi connectivity index (χ2n) is 3.79. The molecule has 0 aliphatic rings. The monoisotopic (exact) mass is 245 g/mol. The summed E-state index contributed by atoms with van der Waals surface area (Å²) in [4.78, 5) is 7.35. The molecule has 92 valence electrons. The minimum atomic E-state index is 0.0783. The van der Waals surface area contributed by atoms with Gasteiger partial charge in [-0.25, -0.2) is 0 Å². The summed E-state index contributed by atoms with van der Waals surface area (Å²) >= 11 is 1.59. The zero-order valence-corrected chi connectivity index (χ0v) is 11.0. The number of aliphatic hydroxyl groups excluding tert-OH is 1. The van der Waals surface area contributed by atoms with Crippen LogP contribution in [0.4, 0.5) is 5.13 Å². The topological polar surface area (TPSA) is 57.6 Å². The van der Waals surface area contributed by atoms with E-state index >= 15 is 0 Å². The molecule has 0 saturated carbocycles. The minimum Gasteiger partial charge on any atom is -0.480 e. The van der Waals surface area contributed by atoms with Crippen LogP contribution in [0, 0.1) is 0 Å². The standard InChI is InChI=1S/C10H19N3O2S/c1-7(6-14)11-5-8-9(15-4)12-10(16-8)13(2)3/h7,11,14H,5-6H2,1-4H3/t7-/m1/s1. The van der Waals surface area contributed by atoms with Gasteiger partial charge in [0.05, 0.1) is 18.6 Å². The predicted molar refractivity (Wildman–Crippen MR) is 66.4 cm³/mol. The van der Waals surface area contributed by atoms with E-state index in [0.29, 0.717) is 12.4 Å². The van der Waals surface area contributed by atoms with Gasteiger partial charge in [0.25, 0.3) is 0 Å². The summed E-state index contributed by atoms with van der Waals surface area (Å²) < 4.78 is 5.21. The van der Waals surface area contributed by atoms with E-state index < -0.39 is 0 Å². The van der Waals surface area contributed by atoms with Gasteiger partial charge >= 0.3 is 0 Å². The molecule has 5 nitrogen and oxygen atoms in total. The van der Waals surface area contributed by atoms with Crippen molar-refractivity contribution >= 4 is 16.5 Å². The van der Waals surface area contributed by atoms with Crippen LogP contribution in [-0.4, -0.2) is 43.9 Å². The number of aromatic nitrogens is 1. The average Bonchev–Trinajstić information content (AvgIpc) is 2.69. The number of methoxy groups -OCH3 is 1. The number of anilines is 1. The van der Waals surface area contributed by atoms with E-state index in [1.54, 1.807) is 18.4 Å². The number of hydrogen-bond donors (Lipinski definition) is 2. The van der Waals surface area contributed by atoms with Crippen molar-refractivity contribution in [2.45, 2.75) is 19.5 Å². The molecule has 1 aromatic heterocycles. The van der Waals surface area contributed by atoms with Crippen molar-refractivity contribution in [2.24, 2.45) is 0 Å². The quantitative estimate of drug-likeness (QED) is 0.772. The number of nitrogens with zero attached hydrogens (tertiary/aromatic N) is 2. The molecule has 0 aliphatic heterocycles. The van der Waals surface area contributed by atoms with Crippen molar-refractivity contribution < 1.29 is 9.84 Å². The lowest BCUT2D eigenvalue weighted by Gasteiger charge is -2.09. The maximum Gasteiger partial charge on any atom is 0.230 e. The molecule has 0 fully saturated rings. The third-order valence-corrected chi connectivity index (χ3v) is 3.32. The normalized spacial score (nSPS) is 12.6. The molecule has 0 bridgehead atoms. The van der Waals surface area contributed by atoms with Gasteiger partial charge in [-0.1, -0.05) is 11.3 Å². The fourth-order valence-corrected chi connectivity index (χ4v) is 2.02. The van der Waals surface area contributed by atoms with Crippen LogP contribution in [0.1, 0.15) is 11.8 Å². The molecule has 16 heavy (non-hydrogen) atoms. The van der Waals surface area contributed by atoms with Crippen molar-refractivity contribution in [1.29, 1.82) is 0 Å². The van der Waals surface area contributed by atoms with Crippen molar-refractivity contribution in [3.63, 3.8) is 0 Å². The number of ether oxygens (including phenoxy) is 1. The van der Waals surface area contributed by atoms with Gasteiger partial charge in [-0.2, -0.15) is 4.98 Å². The van der Waals surface area contributed by atoms with Crippen LogP contribution in [-0.2, 0) is 6.54 Å². The highest BCUT2D eigenvalue weighted by Gasteiger charge is 2.13. The number of rotatable bonds is 6. The van der Waals surface area contributed by atoms with Gasteiger partial charge in [-0.15, -0.1) is 0 Å². The number of nitrogens with one attached hydrogen (secondary N) is 1. The lowest BCUT2D eigenvalue weighted by molar-refractivity contribution is 0.250. The molecule has 6 heteroatoms. The van der Waals surface area contributed by atoms with Crippen LogP contribution < -0.4 is 15.0 Å². The first-order valence-corrected chi connectivity index (χ1v) is 5.95. The van der Waals surface area contributed by atoms with Crippen molar-refractivity contribution in [1.82, 2.24) is 10.3 Å². The van der Waals surface area contributed by atoms with E-state index in [9.17, 15) is 0 Å². The highest BCUT2D eigenvalue weighted by atomic mass is 32.1. The van der Waals surface area contributed by atoms with E-state index in [2.05, 4.69) is 10.3 Å². The van der Waals surface area contributed by atoms with Gasteiger partial charge in [0.15, 0.2) is 5.13 Å². The maximum absolute atomic E-state index is 8.92. The van der Waals surface area contributed by atoms with Crippen LogP contribution in [0.5, 0.6) is 5.88 Å². The summed E-state index contributed by atoms with van der Waals surface area (Å²) in [6.07, 6.45) is 0. The van der Waals surface area contributed by atoms with E-state index in [4.69, 9.17) is 9.84 Å². The van der Waals surface area contributed by atoms with Gasteiger partial charge in [0, 0.05) is 26.7 Å². The molecule has 0 aromatic carbocycles. The molecule has 1 atom stereocenters. The highest BCUT2D eigenvalue weighted by molar-refractivity contribution is 7.15. The molecule has 0 aliphatic carbocycles. The summed E-state index contributed by atoms with van der Waals surface area (Å²) in [6.45, 7) is 2.72. The molecular formula is C10H19N3O2S. The Morgan fingerprint density at radius 1 is 1.56 bits per heavy atom. The summed E-state index contributed by atoms with van der Waals surface area (Å²) in [7, 11) is 5.52. The molecule has 1 rings (SSSR count). The molecule has 0 unspecified atom stereocenters. The van der Waals surface area contributed by atoms with Gasteiger partial charge in [0.2, 0.25) is 5.88 Å². The van der Waals surface area contributed by atoms with Crippen molar-refractivity contribution in [3.8, 4) is 5.88 Å². The van der Waals surface area contributed by atoms with E-state index in [1.165, 1.54) is 0 Å². The minimum absolute atomic E-state index is 0.0783. The van der Waals surface area contributed by atoms with E-state index in [-0.39, 0.29) is 12.6 Å². The molecule has 0 radical (unpaired) electrons. The fourth-order valence-electron chi connectivity index (χ4n) is 1.12. The Bertz CT molecular complexity index is 328. The maximum atomic E-state index is 8.92. The Morgan fingerprint density at radius 3 is 2.75 bits per heavy atom. The largest absolute Gasteiger partial charge is 0.480 e. The molecule has 0 spiro atoms. The summed E-state index contributed by atoms with van der Waals surface area (Å²) in [5.41, 5.74) is 0. The summed E-state index contributed by atoms with van der Waals surface area (Å²) in [5.74, 6) is 0.659. The van der Waals surface area contributed by atoms with E-state index in [0.717, 1.165) is 10.0 Å². The van der Waals surface area contributed by atoms with Crippen LogP contribution in [0.2, 0.25) is 0 Å². The zero-order valence-electron chi connectivity index (χ0n) is 10.1. The first-order chi connectivity index (χ1) is 7.58. The highest BCUT2D eigenvalue weighted by Crippen LogP contribution is 2.30. The Hall–Kier alpha value is -0.850. The second kappa shape index (κ2) is 6.03. The van der Waals surface area contributed by atoms with Crippen LogP contribution in [0.3, 0.4) is 0 Å². The van der Waals surface area contributed by atoms with Crippen molar-refractivity contribution in [3.05, 3.63) is 4.88 Å². The lowest BCUT2D eigenvalue weighted by atomic mass is 10.3. The third-order valence-electron chi connectivity index (χ3n) is 2.11. The van der Waals surface area contributed by atoms with Crippen LogP contribution in [0.25, 0.3) is 0 Å². The average molecular weight is 245 g/mol. The SMILES string of the molecule is COc1nc(N(C)C)sc1CN[C@H](C)CO. The Morgan fingerprint density at radius 2 is 2.25 bits per heavy atom. The molecule has 0 saturated heterocycles. The number of hydrogen-bond acceptors (Lipinski definition) is 6. The first kappa shape index (κ1) is 13.2. The molecule has 0 amide bonds.